The van der Waals surface area contributed by atoms with Crippen molar-refractivity contribution in [3.8, 4) is 0 Å². The normalized spacial score (nSPS) is 19.2. The number of carbonyl (C=O) groups is 1. The third-order valence-corrected chi connectivity index (χ3v) is 4.69. The predicted molar refractivity (Wildman–Crippen MR) is 78.3 cm³/mol. The molecule has 0 saturated heterocycles. The lowest BCUT2D eigenvalue weighted by molar-refractivity contribution is 0.0512. The molecule has 0 aromatic heterocycles. The highest BCUT2D eigenvalue weighted by atomic mass is 16.4. The van der Waals surface area contributed by atoms with Gasteiger partial charge in [-0.05, 0) is 32.6 Å². The van der Waals surface area contributed by atoms with Gasteiger partial charge in [0, 0.05) is 18.1 Å². The van der Waals surface area contributed by atoms with Crippen LogP contribution in [0.5, 0.6) is 0 Å². The van der Waals surface area contributed by atoms with Crippen LogP contribution in [0.25, 0.3) is 0 Å². The van der Waals surface area contributed by atoms with E-state index < -0.39 is 6.09 Å². The second-order valence-electron chi connectivity index (χ2n) is 6.45. The summed E-state index contributed by atoms with van der Waals surface area (Å²) in [7, 11) is 0. The molecule has 1 aliphatic carbocycles. The fraction of sp³-hybridized carbons (Fsp3) is 0.933. The Labute approximate surface area is 117 Å². The molecule has 0 radical (unpaired) electrons. The monoisotopic (exact) mass is 270 g/mol. The van der Waals surface area contributed by atoms with E-state index in [4.69, 9.17) is 5.73 Å². The Kier molecular flexibility index (Phi) is 6.11. The van der Waals surface area contributed by atoms with Gasteiger partial charge >= 0.3 is 6.09 Å². The van der Waals surface area contributed by atoms with Gasteiger partial charge in [0.05, 0.1) is 0 Å². The molecular formula is C15H30N2O2. The summed E-state index contributed by atoms with van der Waals surface area (Å²) in [6.07, 6.45) is 7.25. The van der Waals surface area contributed by atoms with Crippen molar-refractivity contribution < 1.29 is 9.90 Å². The number of carboxylic acid groups (broad SMARTS) is 1. The van der Waals surface area contributed by atoms with Crippen LogP contribution in [-0.2, 0) is 0 Å². The van der Waals surface area contributed by atoms with E-state index >= 15 is 0 Å². The lowest BCUT2D eigenvalue weighted by atomic mass is 9.83. The molecule has 1 atom stereocenters. The van der Waals surface area contributed by atoms with Gasteiger partial charge in [-0.15, -0.1) is 0 Å². The molecule has 0 aromatic rings. The SMILES string of the molecule is CCC(C)(C)N(C(=O)O)[C@H](CN)CC1CCCCC1. The molecule has 0 heterocycles. The Morgan fingerprint density at radius 2 is 1.95 bits per heavy atom. The maximum Gasteiger partial charge on any atom is 0.408 e. The molecule has 0 bridgehead atoms. The van der Waals surface area contributed by atoms with Crippen molar-refractivity contribution in [1.82, 2.24) is 4.90 Å². The molecule has 1 amide bonds. The van der Waals surface area contributed by atoms with Crippen molar-refractivity contribution >= 4 is 6.09 Å². The quantitative estimate of drug-likeness (QED) is 0.776. The van der Waals surface area contributed by atoms with Crippen LogP contribution in [0.3, 0.4) is 0 Å². The molecule has 0 aliphatic heterocycles. The Bertz CT molecular complexity index is 286. The lowest BCUT2D eigenvalue weighted by Gasteiger charge is -2.42. The summed E-state index contributed by atoms with van der Waals surface area (Å²) in [5.74, 6) is 0.650. The van der Waals surface area contributed by atoms with E-state index in [1.807, 2.05) is 20.8 Å². The molecule has 3 N–H and O–H groups in total. The third kappa shape index (κ3) is 4.37. The zero-order valence-corrected chi connectivity index (χ0v) is 12.7. The molecule has 1 aliphatic rings. The average molecular weight is 270 g/mol. The Hall–Kier alpha value is -0.770. The maximum absolute atomic E-state index is 11.6. The van der Waals surface area contributed by atoms with Gasteiger partial charge in [-0.2, -0.15) is 0 Å². The molecule has 4 nitrogen and oxygen atoms in total. The van der Waals surface area contributed by atoms with Gasteiger partial charge in [0.2, 0.25) is 0 Å². The summed E-state index contributed by atoms with van der Waals surface area (Å²) in [5, 5.41) is 9.54. The second kappa shape index (κ2) is 7.13. The van der Waals surface area contributed by atoms with E-state index in [1.165, 1.54) is 32.1 Å². The minimum atomic E-state index is -0.835. The minimum Gasteiger partial charge on any atom is -0.465 e. The number of hydrogen-bond acceptors (Lipinski definition) is 2. The smallest absolute Gasteiger partial charge is 0.408 e. The van der Waals surface area contributed by atoms with Gasteiger partial charge in [0.1, 0.15) is 0 Å². The first-order valence-corrected chi connectivity index (χ1v) is 7.64. The number of nitrogens with zero attached hydrogens (tertiary/aromatic N) is 1. The van der Waals surface area contributed by atoms with Crippen LogP contribution in [0.1, 0.15) is 65.7 Å². The first-order valence-electron chi connectivity index (χ1n) is 7.64. The Morgan fingerprint density at radius 1 is 1.37 bits per heavy atom. The van der Waals surface area contributed by atoms with Gasteiger partial charge in [0.25, 0.3) is 0 Å². The highest BCUT2D eigenvalue weighted by molar-refractivity contribution is 5.66. The molecule has 0 unspecified atom stereocenters. The molecular weight excluding hydrogens is 240 g/mol. The van der Waals surface area contributed by atoms with Crippen LogP contribution >= 0.6 is 0 Å². The predicted octanol–water partition coefficient (Wildman–Crippen LogP) is 3.45. The van der Waals surface area contributed by atoms with Crippen molar-refractivity contribution in [2.75, 3.05) is 6.54 Å². The van der Waals surface area contributed by atoms with Crippen molar-refractivity contribution in [2.45, 2.75) is 77.3 Å². The molecule has 4 heteroatoms. The fourth-order valence-corrected chi connectivity index (χ4v) is 3.19. The van der Waals surface area contributed by atoms with Crippen LogP contribution < -0.4 is 5.73 Å². The number of hydrogen-bond donors (Lipinski definition) is 2. The summed E-state index contributed by atoms with van der Waals surface area (Å²) < 4.78 is 0. The highest BCUT2D eigenvalue weighted by Gasteiger charge is 2.35. The summed E-state index contributed by atoms with van der Waals surface area (Å²) in [6.45, 7) is 6.44. The Morgan fingerprint density at radius 3 is 2.37 bits per heavy atom. The van der Waals surface area contributed by atoms with E-state index in [-0.39, 0.29) is 11.6 Å². The number of nitrogens with two attached hydrogens (primary N) is 1. The third-order valence-electron chi connectivity index (χ3n) is 4.69. The van der Waals surface area contributed by atoms with Crippen LogP contribution in [0.4, 0.5) is 4.79 Å². The summed E-state index contributed by atoms with van der Waals surface area (Å²) in [5.41, 5.74) is 5.53. The number of rotatable bonds is 6. The van der Waals surface area contributed by atoms with Crippen LogP contribution in [0.2, 0.25) is 0 Å². The van der Waals surface area contributed by atoms with Gasteiger partial charge in [-0.1, -0.05) is 39.0 Å². The first kappa shape index (κ1) is 16.3. The summed E-state index contributed by atoms with van der Waals surface area (Å²) >= 11 is 0. The Balaban J connectivity index is 2.75. The van der Waals surface area contributed by atoms with Crippen molar-refractivity contribution in [2.24, 2.45) is 11.7 Å². The molecule has 0 spiro atoms. The first-order chi connectivity index (χ1) is 8.92. The van der Waals surface area contributed by atoms with Crippen molar-refractivity contribution in [3.05, 3.63) is 0 Å². The van der Waals surface area contributed by atoms with Crippen molar-refractivity contribution in [3.63, 3.8) is 0 Å². The topological polar surface area (TPSA) is 66.6 Å². The largest absolute Gasteiger partial charge is 0.465 e. The molecule has 112 valence electrons. The van der Waals surface area contributed by atoms with E-state index in [1.54, 1.807) is 4.90 Å². The maximum atomic E-state index is 11.6. The number of amides is 1. The van der Waals surface area contributed by atoms with Crippen LogP contribution in [0.15, 0.2) is 0 Å². The summed E-state index contributed by atoms with van der Waals surface area (Å²) in [6, 6.07) is -0.0458. The lowest BCUT2D eigenvalue weighted by Crippen LogP contribution is -2.55. The molecule has 1 fully saturated rings. The van der Waals surface area contributed by atoms with Gasteiger partial charge < -0.3 is 10.8 Å². The zero-order chi connectivity index (χ0) is 14.5. The molecule has 1 saturated carbocycles. The van der Waals surface area contributed by atoms with Gasteiger partial charge in [-0.3, -0.25) is 4.90 Å². The highest BCUT2D eigenvalue weighted by Crippen LogP contribution is 2.31. The summed E-state index contributed by atoms with van der Waals surface area (Å²) in [4.78, 5) is 13.2. The van der Waals surface area contributed by atoms with E-state index in [0.29, 0.717) is 12.5 Å². The van der Waals surface area contributed by atoms with Crippen LogP contribution in [0, 0.1) is 5.92 Å². The molecule has 0 aromatic carbocycles. The van der Waals surface area contributed by atoms with Gasteiger partial charge in [0.15, 0.2) is 0 Å². The standard InChI is InChI=1S/C15H30N2O2/c1-4-15(2,3)17(14(18)19)13(11-16)10-12-8-6-5-7-9-12/h12-13H,4-11,16H2,1-3H3,(H,18,19)/t13-/m0/s1. The molecule has 1 rings (SSSR count). The van der Waals surface area contributed by atoms with Gasteiger partial charge in [-0.25, -0.2) is 4.79 Å². The van der Waals surface area contributed by atoms with E-state index in [0.717, 1.165) is 12.8 Å². The van der Waals surface area contributed by atoms with Crippen molar-refractivity contribution in [1.29, 1.82) is 0 Å². The zero-order valence-electron chi connectivity index (χ0n) is 12.7. The fourth-order valence-electron chi connectivity index (χ4n) is 3.19. The van der Waals surface area contributed by atoms with E-state index in [2.05, 4.69) is 0 Å². The molecule has 19 heavy (non-hydrogen) atoms. The average Bonchev–Trinajstić information content (AvgIpc) is 2.38. The second-order valence-corrected chi connectivity index (χ2v) is 6.45. The minimum absolute atomic E-state index is 0.0458. The van der Waals surface area contributed by atoms with Crippen LogP contribution in [-0.4, -0.2) is 34.2 Å². The van der Waals surface area contributed by atoms with E-state index in [9.17, 15) is 9.90 Å².